The number of carbonyl (C=O) groups is 1. The lowest BCUT2D eigenvalue weighted by Crippen LogP contribution is -2.46. The van der Waals surface area contributed by atoms with Crippen LogP contribution in [0.3, 0.4) is 0 Å². The molecule has 2 atom stereocenters. The van der Waals surface area contributed by atoms with Gasteiger partial charge >= 0.3 is 0 Å². The van der Waals surface area contributed by atoms with E-state index in [2.05, 4.69) is 10.0 Å². The molecule has 0 spiro atoms. The molecule has 2 aliphatic heterocycles. The molecule has 0 radical (unpaired) electrons. The highest BCUT2D eigenvalue weighted by Gasteiger charge is 2.40. The van der Waals surface area contributed by atoms with E-state index in [9.17, 15) is 13.2 Å². The molecule has 0 saturated carbocycles. The molecule has 25 heavy (non-hydrogen) atoms. The van der Waals surface area contributed by atoms with Crippen molar-refractivity contribution in [2.24, 2.45) is 0 Å². The van der Waals surface area contributed by atoms with Crippen molar-refractivity contribution in [3.63, 3.8) is 0 Å². The number of nitrogens with one attached hydrogen (secondary N) is 2. The molecule has 0 aromatic heterocycles. The summed E-state index contributed by atoms with van der Waals surface area (Å²) in [5, 5.41) is 3.36. The highest BCUT2D eigenvalue weighted by Crippen LogP contribution is 2.25. The predicted octanol–water partition coefficient (Wildman–Crippen LogP) is 0.610. The van der Waals surface area contributed by atoms with Gasteiger partial charge in [-0.2, -0.15) is 0 Å². The number of likely N-dealkylation sites (tertiary alicyclic amines) is 1. The second-order valence-electron chi connectivity index (χ2n) is 6.07. The third-order valence-electron chi connectivity index (χ3n) is 4.47. The molecule has 1 amide bonds. The Hall–Kier alpha value is -1.19. The number of carbonyl (C=O) groups excluding carboxylic acids is 1. The summed E-state index contributed by atoms with van der Waals surface area (Å²) in [6.07, 6.45) is 1.00. The molecule has 2 heterocycles. The lowest BCUT2D eigenvalue weighted by Gasteiger charge is -2.27. The number of halogens is 1. The zero-order chi connectivity index (χ0) is 17.2. The Balaban J connectivity index is 0.00000225. The number of rotatable bonds is 7. The standard InChI is InChI=1S/C16H23N3O4S.ClH/c1-2-23-8-7-18-24(21,22)15-5-3-12(4-6-15)16(20)19-11-13-9-14(19)10-17-13;/h3-6,13-14,17-18H,2,7-11H2,1H3;1H/t13-,14-;/m0./s1. The summed E-state index contributed by atoms with van der Waals surface area (Å²) in [4.78, 5) is 14.6. The Bertz CT molecular complexity index is 696. The highest BCUT2D eigenvalue weighted by molar-refractivity contribution is 7.89. The first kappa shape index (κ1) is 20.1. The number of sulfonamides is 1. The van der Waals surface area contributed by atoms with E-state index in [1.54, 1.807) is 12.1 Å². The van der Waals surface area contributed by atoms with E-state index in [1.807, 2.05) is 11.8 Å². The summed E-state index contributed by atoms with van der Waals surface area (Å²) in [7, 11) is -3.58. The molecule has 140 valence electrons. The van der Waals surface area contributed by atoms with Crippen LogP contribution in [0.2, 0.25) is 0 Å². The monoisotopic (exact) mass is 389 g/mol. The normalized spacial score (nSPS) is 22.0. The molecule has 0 aliphatic carbocycles. The smallest absolute Gasteiger partial charge is 0.254 e. The Morgan fingerprint density at radius 1 is 1.36 bits per heavy atom. The molecule has 2 N–H and O–H groups in total. The van der Waals surface area contributed by atoms with Gasteiger partial charge in [0.25, 0.3) is 5.91 Å². The molecule has 3 rings (SSSR count). The zero-order valence-electron chi connectivity index (χ0n) is 14.1. The van der Waals surface area contributed by atoms with Crippen LogP contribution in [0, 0.1) is 0 Å². The van der Waals surface area contributed by atoms with Crippen molar-refractivity contribution in [3.8, 4) is 0 Å². The average Bonchev–Trinajstić information content (AvgIpc) is 3.21. The first-order valence-corrected chi connectivity index (χ1v) is 9.71. The molecule has 9 heteroatoms. The predicted molar refractivity (Wildman–Crippen MR) is 96.6 cm³/mol. The number of amides is 1. The fourth-order valence-corrected chi connectivity index (χ4v) is 4.24. The zero-order valence-corrected chi connectivity index (χ0v) is 15.7. The van der Waals surface area contributed by atoms with Crippen molar-refractivity contribution in [3.05, 3.63) is 29.8 Å². The molecule has 2 bridgehead atoms. The van der Waals surface area contributed by atoms with E-state index in [-0.39, 0.29) is 35.8 Å². The van der Waals surface area contributed by atoms with Gasteiger partial charge in [-0.05, 0) is 37.6 Å². The number of hydrogen-bond donors (Lipinski definition) is 2. The number of benzene rings is 1. The van der Waals surface area contributed by atoms with E-state index >= 15 is 0 Å². The minimum absolute atomic E-state index is 0. The quantitative estimate of drug-likeness (QED) is 0.667. The van der Waals surface area contributed by atoms with Gasteiger partial charge < -0.3 is 15.0 Å². The van der Waals surface area contributed by atoms with E-state index in [0.29, 0.717) is 24.8 Å². The van der Waals surface area contributed by atoms with Gasteiger partial charge in [0.15, 0.2) is 0 Å². The maximum atomic E-state index is 12.6. The van der Waals surface area contributed by atoms with E-state index in [1.165, 1.54) is 12.1 Å². The van der Waals surface area contributed by atoms with Crippen molar-refractivity contribution < 1.29 is 17.9 Å². The Kier molecular flexibility index (Phi) is 6.81. The molecule has 2 aliphatic rings. The van der Waals surface area contributed by atoms with E-state index in [0.717, 1.165) is 19.5 Å². The Morgan fingerprint density at radius 2 is 2.08 bits per heavy atom. The number of fused-ring (bicyclic) bond motifs is 2. The van der Waals surface area contributed by atoms with Crippen LogP contribution in [0.4, 0.5) is 0 Å². The van der Waals surface area contributed by atoms with Gasteiger partial charge in [0.05, 0.1) is 11.5 Å². The molecule has 1 aromatic carbocycles. The van der Waals surface area contributed by atoms with Crippen LogP contribution < -0.4 is 10.0 Å². The third-order valence-corrected chi connectivity index (χ3v) is 5.95. The van der Waals surface area contributed by atoms with Gasteiger partial charge in [0.1, 0.15) is 0 Å². The Morgan fingerprint density at radius 3 is 2.64 bits per heavy atom. The topological polar surface area (TPSA) is 87.7 Å². The minimum Gasteiger partial charge on any atom is -0.380 e. The Labute approximate surface area is 154 Å². The molecular weight excluding hydrogens is 366 g/mol. The highest BCUT2D eigenvalue weighted by atomic mass is 35.5. The summed E-state index contributed by atoms with van der Waals surface area (Å²) in [6.45, 7) is 4.52. The van der Waals surface area contributed by atoms with Crippen LogP contribution in [0.25, 0.3) is 0 Å². The minimum atomic E-state index is -3.58. The molecule has 1 aromatic rings. The fourth-order valence-electron chi connectivity index (χ4n) is 3.23. The van der Waals surface area contributed by atoms with Crippen LogP contribution in [-0.4, -0.2) is 64.2 Å². The van der Waals surface area contributed by atoms with Crippen molar-refractivity contribution in [1.29, 1.82) is 0 Å². The van der Waals surface area contributed by atoms with Gasteiger partial charge in [-0.1, -0.05) is 0 Å². The fraction of sp³-hybridized carbons (Fsp3) is 0.562. The van der Waals surface area contributed by atoms with Crippen LogP contribution >= 0.6 is 12.4 Å². The third kappa shape index (κ3) is 4.51. The maximum absolute atomic E-state index is 12.6. The number of nitrogens with zero attached hydrogens (tertiary/aromatic N) is 1. The summed E-state index contributed by atoms with van der Waals surface area (Å²) >= 11 is 0. The maximum Gasteiger partial charge on any atom is 0.254 e. The summed E-state index contributed by atoms with van der Waals surface area (Å²) < 4.78 is 31.9. The van der Waals surface area contributed by atoms with E-state index in [4.69, 9.17) is 4.74 Å². The van der Waals surface area contributed by atoms with Gasteiger partial charge in [-0.3, -0.25) is 4.79 Å². The lowest BCUT2D eigenvalue weighted by atomic mass is 10.2. The van der Waals surface area contributed by atoms with Crippen molar-refractivity contribution in [2.45, 2.75) is 30.3 Å². The van der Waals surface area contributed by atoms with Crippen molar-refractivity contribution in [2.75, 3.05) is 32.8 Å². The number of piperazine rings is 1. The van der Waals surface area contributed by atoms with Gasteiger partial charge in [-0.25, -0.2) is 13.1 Å². The average molecular weight is 390 g/mol. The summed E-state index contributed by atoms with van der Waals surface area (Å²) in [6, 6.07) is 6.77. The van der Waals surface area contributed by atoms with Crippen LogP contribution in [0.5, 0.6) is 0 Å². The van der Waals surface area contributed by atoms with Gasteiger partial charge in [0, 0.05) is 43.9 Å². The lowest BCUT2D eigenvalue weighted by molar-refractivity contribution is 0.0716. The van der Waals surface area contributed by atoms with Gasteiger partial charge in [0.2, 0.25) is 10.0 Å². The summed E-state index contributed by atoms with van der Waals surface area (Å²) in [5.74, 6) is -0.0303. The van der Waals surface area contributed by atoms with Gasteiger partial charge in [-0.15, -0.1) is 12.4 Å². The number of ether oxygens (including phenoxy) is 1. The first-order valence-electron chi connectivity index (χ1n) is 8.23. The molecule has 2 fully saturated rings. The van der Waals surface area contributed by atoms with Crippen LogP contribution in [-0.2, 0) is 14.8 Å². The summed E-state index contributed by atoms with van der Waals surface area (Å²) in [5.41, 5.74) is 0.524. The molecule has 7 nitrogen and oxygen atoms in total. The van der Waals surface area contributed by atoms with Crippen molar-refractivity contribution >= 4 is 28.3 Å². The molecular formula is C16H24ClN3O4S. The second kappa shape index (κ2) is 8.46. The molecule has 0 unspecified atom stereocenters. The molecule has 2 saturated heterocycles. The first-order chi connectivity index (χ1) is 11.5. The van der Waals surface area contributed by atoms with Crippen molar-refractivity contribution in [1.82, 2.24) is 14.9 Å². The van der Waals surface area contributed by atoms with Crippen LogP contribution in [0.15, 0.2) is 29.2 Å². The van der Waals surface area contributed by atoms with E-state index < -0.39 is 10.0 Å². The van der Waals surface area contributed by atoms with Crippen LogP contribution in [0.1, 0.15) is 23.7 Å². The number of hydrogen-bond acceptors (Lipinski definition) is 5. The largest absolute Gasteiger partial charge is 0.380 e. The SMILES string of the molecule is CCOCCNS(=O)(=O)c1ccc(C(=O)N2C[C@@H]3C[C@H]2CN3)cc1.Cl. The second-order valence-corrected chi connectivity index (χ2v) is 7.84.